The number of Topliss-reactive ketones (excluding diaryl/α,β-unsaturated/α-hetero) is 1. The Hall–Kier alpha value is -8.63. The number of ether oxygens (including phenoxy) is 7. The normalized spacial score (nSPS) is 14.7. The molecule has 0 radical (unpaired) electrons. The number of carbonyl (C=O) groups excluding carboxylic acids is 4. The first kappa shape index (κ1) is 77.5. The average Bonchev–Trinajstić information content (AvgIpc) is 1.69. The molecular formula is C87H98F2O11S2. The van der Waals surface area contributed by atoms with Crippen LogP contribution in [0.2, 0.25) is 0 Å². The highest BCUT2D eigenvalue weighted by atomic mass is 32.2. The molecule has 7 aliphatic rings. The number of halogens is 2. The van der Waals surface area contributed by atoms with Crippen LogP contribution in [0, 0.1) is 0 Å². The minimum Gasteiger partial charge on any atom is -0.457 e. The molecule has 11 nitrogen and oxygen atoms in total. The molecule has 8 aromatic carbocycles. The second-order valence-electron chi connectivity index (χ2n) is 28.8. The Labute approximate surface area is 610 Å². The number of esters is 2. The number of hydrogen-bond acceptors (Lipinski definition) is 13. The monoisotopic (exact) mass is 1420 g/mol. The largest absolute Gasteiger partial charge is 0.586 e. The molecule has 6 aliphatic heterocycles. The number of aryl methyl sites for hydroxylation is 1. The Morgan fingerprint density at radius 3 is 1.53 bits per heavy atom. The van der Waals surface area contributed by atoms with Crippen molar-refractivity contribution in [1.82, 2.24) is 0 Å². The molecule has 0 saturated heterocycles. The fourth-order valence-corrected chi connectivity index (χ4v) is 13.7. The molecular weight excluding hydrogens is 1320 g/mol. The zero-order valence-electron chi connectivity index (χ0n) is 61.8. The fraction of sp³-hybridized carbons (Fsp3) is 0.379. The molecule has 0 fully saturated rings. The molecule has 0 atom stereocenters. The first-order valence-electron chi connectivity index (χ1n) is 35.6. The zero-order valence-corrected chi connectivity index (χ0v) is 63.5. The van der Waals surface area contributed by atoms with Gasteiger partial charge in [0, 0.05) is 39.1 Å². The van der Waals surface area contributed by atoms with Crippen molar-refractivity contribution in [1.29, 1.82) is 0 Å². The summed E-state index contributed by atoms with van der Waals surface area (Å²) >= 11 is 3.20. The summed E-state index contributed by atoms with van der Waals surface area (Å²) in [5, 5.41) is 3.87. The van der Waals surface area contributed by atoms with Gasteiger partial charge in [-0.3, -0.25) is 14.4 Å². The molecule has 0 unspecified atom stereocenters. The maximum absolute atomic E-state index is 12.6. The SMILES string of the molecule is CC(C)c1ccc2c(c1)C(=O)CC2.CC(C)c1ccc2c(c1)C(=O)OC2.CC(C)c1ccc2c(c1)COC2.CC(C)c1ccc2c(c1)OC(=O)C2.CC(C)c1ccc2c(c1)OC(F)(F)O2.CC(C)c1ccc2c(c1)OCO2.CC(C)c1ccc2c(c1)SC(=O)C2.CC(C)c1cccc2sccc12. The predicted octanol–water partition coefficient (Wildman–Crippen LogP) is 23.2. The molecule has 102 heavy (non-hydrogen) atoms. The van der Waals surface area contributed by atoms with Crippen molar-refractivity contribution in [2.75, 3.05) is 6.79 Å². The molecule has 15 heteroatoms. The minimum absolute atomic E-state index is 0.0967. The van der Waals surface area contributed by atoms with Gasteiger partial charge in [-0.25, -0.2) is 4.79 Å². The molecule has 7 heterocycles. The number of thioether (sulfide) groups is 1. The van der Waals surface area contributed by atoms with Crippen molar-refractivity contribution in [2.45, 2.75) is 215 Å². The van der Waals surface area contributed by atoms with Crippen LogP contribution in [0.5, 0.6) is 28.7 Å². The van der Waals surface area contributed by atoms with E-state index >= 15 is 0 Å². The van der Waals surface area contributed by atoms with Crippen molar-refractivity contribution < 1.29 is 61.1 Å². The third kappa shape index (κ3) is 20.6. The van der Waals surface area contributed by atoms with Gasteiger partial charge in [0.2, 0.25) is 6.79 Å². The second-order valence-corrected chi connectivity index (χ2v) is 30.8. The predicted molar refractivity (Wildman–Crippen MR) is 406 cm³/mol. The first-order valence-corrected chi connectivity index (χ1v) is 37.3. The summed E-state index contributed by atoms with van der Waals surface area (Å²) in [5.41, 5.74) is 19.0. The van der Waals surface area contributed by atoms with Crippen LogP contribution < -0.4 is 23.7 Å². The number of fused-ring (bicyclic) bond motifs is 8. The quantitative estimate of drug-likeness (QED) is 0.106. The van der Waals surface area contributed by atoms with Gasteiger partial charge in [0.05, 0.1) is 25.2 Å². The van der Waals surface area contributed by atoms with Gasteiger partial charge in [-0.15, -0.1) is 20.1 Å². The van der Waals surface area contributed by atoms with E-state index in [0.717, 1.165) is 69.6 Å². The number of rotatable bonds is 8. The molecule has 0 bridgehead atoms. The van der Waals surface area contributed by atoms with Crippen LogP contribution in [0.4, 0.5) is 8.78 Å². The molecule has 538 valence electrons. The lowest BCUT2D eigenvalue weighted by atomic mass is 9.98. The van der Waals surface area contributed by atoms with E-state index in [-0.39, 0.29) is 34.5 Å². The number of benzene rings is 8. The lowest BCUT2D eigenvalue weighted by Gasteiger charge is -2.06. The van der Waals surface area contributed by atoms with Gasteiger partial charge in [-0.2, -0.15) is 0 Å². The summed E-state index contributed by atoms with van der Waals surface area (Å²) < 4.78 is 61.1. The number of ketones is 1. The van der Waals surface area contributed by atoms with Gasteiger partial charge in [0.1, 0.15) is 12.4 Å². The average molecular weight is 1420 g/mol. The standard InChI is InChI=1S/C12H14O.2C11H12O2.C11H12OS.C11H14O.C11H12S.C10H10F2O2.C10H12O2/c1-8(2)10-4-3-9-5-6-12(13)11(9)7-10;1-7(2)8-3-4-9-6-13-11(12)10(9)5-8;2*1-7(2)8-3-4-9-6-11(12)13-10(9)5-8;1-8(2)9-3-4-10-6-12-7-11(10)5-9;1-8(2)9-4-3-5-11-10(9)6-7-12-11;1-6(2)7-3-4-8-9(5-7)14-10(11,12)13-8;1-7(2)8-3-4-9-10(5-8)12-6-11-9/h3-4,7-8H,5-6H2,1-2H3;3*3-5,7H,6H2,1-2H3;3-5,8H,6-7H2,1-2H3;3-8H,1-2H3;3-6H,1-2H3;3-5,7H,6H2,1-2H3. The van der Waals surface area contributed by atoms with Crippen molar-refractivity contribution in [3.63, 3.8) is 0 Å². The van der Waals surface area contributed by atoms with E-state index in [1.165, 1.54) is 89.1 Å². The molecule has 16 rings (SSSR count). The van der Waals surface area contributed by atoms with E-state index in [1.54, 1.807) is 12.1 Å². The highest BCUT2D eigenvalue weighted by molar-refractivity contribution is 8.14. The van der Waals surface area contributed by atoms with Crippen LogP contribution >= 0.6 is 23.1 Å². The maximum Gasteiger partial charge on any atom is 0.586 e. The lowest BCUT2D eigenvalue weighted by molar-refractivity contribution is -0.286. The van der Waals surface area contributed by atoms with Crippen molar-refractivity contribution in [3.8, 4) is 28.7 Å². The molecule has 0 amide bonds. The lowest BCUT2D eigenvalue weighted by Crippen LogP contribution is -2.25. The van der Waals surface area contributed by atoms with E-state index in [4.69, 9.17) is 23.7 Å². The van der Waals surface area contributed by atoms with Crippen molar-refractivity contribution in [2.24, 2.45) is 0 Å². The molecule has 0 N–H and O–H groups in total. The van der Waals surface area contributed by atoms with Crippen LogP contribution in [0.3, 0.4) is 0 Å². The minimum atomic E-state index is -3.52. The van der Waals surface area contributed by atoms with E-state index in [9.17, 15) is 28.0 Å². The van der Waals surface area contributed by atoms with Crippen LogP contribution in [-0.4, -0.2) is 35.9 Å². The Balaban J connectivity index is 0.000000136. The van der Waals surface area contributed by atoms with Gasteiger partial charge in [-0.05, 0) is 192 Å². The first-order chi connectivity index (χ1) is 48.5. The van der Waals surface area contributed by atoms with Gasteiger partial charge in [0.15, 0.2) is 33.9 Å². The highest BCUT2D eigenvalue weighted by Gasteiger charge is 2.43. The van der Waals surface area contributed by atoms with Crippen LogP contribution in [0.25, 0.3) is 10.1 Å². The van der Waals surface area contributed by atoms with Gasteiger partial charge < -0.3 is 33.2 Å². The summed E-state index contributed by atoms with van der Waals surface area (Å²) in [4.78, 5) is 45.9. The van der Waals surface area contributed by atoms with Gasteiger partial charge >= 0.3 is 18.2 Å². The molecule has 0 saturated carbocycles. The Bertz CT molecular complexity index is 4220. The Kier molecular flexibility index (Phi) is 26.6. The highest BCUT2D eigenvalue weighted by Crippen LogP contribution is 2.43. The summed E-state index contributed by atoms with van der Waals surface area (Å²) in [6, 6.07) is 51.1. The molecule has 1 aliphatic carbocycles. The topological polar surface area (TPSA) is 133 Å². The van der Waals surface area contributed by atoms with E-state index in [0.29, 0.717) is 79.9 Å². The van der Waals surface area contributed by atoms with Crippen molar-refractivity contribution >= 4 is 56.0 Å². The van der Waals surface area contributed by atoms with E-state index in [2.05, 4.69) is 209 Å². The molecule has 9 aromatic rings. The zero-order chi connectivity index (χ0) is 73.7. The number of cyclic esters (lactones) is 1. The third-order valence-electron chi connectivity index (χ3n) is 18.5. The van der Waals surface area contributed by atoms with E-state index < -0.39 is 6.29 Å². The third-order valence-corrected chi connectivity index (χ3v) is 20.3. The number of carbonyl (C=O) groups is 4. The number of thiophene rings is 1. The summed E-state index contributed by atoms with van der Waals surface area (Å²) in [5.74, 6) is 6.74. The summed E-state index contributed by atoms with van der Waals surface area (Å²) in [6.45, 7) is 36.7. The Morgan fingerprint density at radius 1 is 0.402 bits per heavy atom. The van der Waals surface area contributed by atoms with Gasteiger partial charge in [-0.1, -0.05) is 214 Å². The van der Waals surface area contributed by atoms with Crippen LogP contribution in [0.15, 0.2) is 162 Å². The van der Waals surface area contributed by atoms with Gasteiger partial charge in [0.25, 0.3) is 0 Å². The molecule has 0 spiro atoms. The number of alkyl halides is 2. The van der Waals surface area contributed by atoms with Crippen molar-refractivity contribution in [3.05, 3.63) is 246 Å². The smallest absolute Gasteiger partial charge is 0.457 e. The summed E-state index contributed by atoms with van der Waals surface area (Å²) in [7, 11) is 0. The summed E-state index contributed by atoms with van der Waals surface area (Å²) in [6.07, 6.45) is -0.840. The second kappa shape index (κ2) is 35.0. The van der Waals surface area contributed by atoms with Crippen LogP contribution in [-0.2, 0) is 58.1 Å². The molecule has 1 aromatic heterocycles. The van der Waals surface area contributed by atoms with E-state index in [1.807, 2.05) is 61.6 Å². The number of hydrogen-bond donors (Lipinski definition) is 0. The Morgan fingerprint density at radius 2 is 0.902 bits per heavy atom. The van der Waals surface area contributed by atoms with Crippen LogP contribution in [0.1, 0.15) is 263 Å². The maximum atomic E-state index is 12.6. The fourth-order valence-electron chi connectivity index (χ4n) is 11.9.